The number of hydrogen-bond acceptors (Lipinski definition) is 3. The first-order valence-electron chi connectivity index (χ1n) is 5.76. The molecular weight excluding hydrogens is 281 g/mol. The van der Waals surface area contributed by atoms with Crippen LogP contribution in [0.25, 0.3) is 0 Å². The maximum absolute atomic E-state index is 6.15. The van der Waals surface area contributed by atoms with Crippen LogP contribution in [0.15, 0.2) is 36.4 Å². The van der Waals surface area contributed by atoms with Gasteiger partial charge in [-0.05, 0) is 30.3 Å². The summed E-state index contributed by atoms with van der Waals surface area (Å²) < 4.78 is 0. The van der Waals surface area contributed by atoms with Crippen LogP contribution in [0.3, 0.4) is 0 Å². The number of anilines is 4. The number of hydrogen-bond donors (Lipinski definition) is 2. The second-order valence-electron chi connectivity index (χ2n) is 4.43. The van der Waals surface area contributed by atoms with Crippen LogP contribution in [0.5, 0.6) is 0 Å². The Labute approximate surface area is 122 Å². The number of nitrogen functional groups attached to an aromatic ring is 1. The lowest BCUT2D eigenvalue weighted by Gasteiger charge is -2.16. The second kappa shape index (κ2) is 5.59. The topological polar surface area (TPSA) is 41.3 Å². The Morgan fingerprint density at radius 3 is 2.26 bits per heavy atom. The van der Waals surface area contributed by atoms with Crippen LogP contribution in [-0.4, -0.2) is 14.1 Å². The molecule has 5 heteroatoms. The van der Waals surface area contributed by atoms with Crippen molar-refractivity contribution in [1.82, 2.24) is 0 Å². The van der Waals surface area contributed by atoms with E-state index in [-0.39, 0.29) is 0 Å². The molecule has 3 nitrogen and oxygen atoms in total. The maximum Gasteiger partial charge on any atom is 0.0764 e. The van der Waals surface area contributed by atoms with E-state index in [4.69, 9.17) is 28.9 Å². The van der Waals surface area contributed by atoms with E-state index in [0.717, 1.165) is 11.4 Å². The standard InChI is InChI=1S/C14H15Cl2N3/c1-19(2)11-5-3-4-10(8-11)18-14-12(15)6-9(17)7-13(14)16/h3-8,18H,17H2,1-2H3. The Balaban J connectivity index is 2.34. The fourth-order valence-electron chi connectivity index (χ4n) is 1.72. The largest absolute Gasteiger partial charge is 0.399 e. The summed E-state index contributed by atoms with van der Waals surface area (Å²) in [6, 6.07) is 11.3. The summed E-state index contributed by atoms with van der Waals surface area (Å²) in [6.07, 6.45) is 0. The van der Waals surface area contributed by atoms with Gasteiger partial charge >= 0.3 is 0 Å². The smallest absolute Gasteiger partial charge is 0.0764 e. The summed E-state index contributed by atoms with van der Waals surface area (Å²) in [4.78, 5) is 2.03. The third kappa shape index (κ3) is 3.25. The molecule has 100 valence electrons. The highest BCUT2D eigenvalue weighted by atomic mass is 35.5. The fraction of sp³-hybridized carbons (Fsp3) is 0.143. The minimum Gasteiger partial charge on any atom is -0.399 e. The van der Waals surface area contributed by atoms with Gasteiger partial charge in [0.1, 0.15) is 0 Å². The molecule has 0 atom stereocenters. The highest BCUT2D eigenvalue weighted by molar-refractivity contribution is 6.39. The van der Waals surface area contributed by atoms with Gasteiger partial charge in [0.15, 0.2) is 0 Å². The van der Waals surface area contributed by atoms with Crippen LogP contribution in [0.4, 0.5) is 22.7 Å². The zero-order valence-corrected chi connectivity index (χ0v) is 12.3. The number of halogens is 2. The van der Waals surface area contributed by atoms with Gasteiger partial charge in [-0.25, -0.2) is 0 Å². The number of nitrogens with one attached hydrogen (secondary N) is 1. The average molecular weight is 296 g/mol. The summed E-state index contributed by atoms with van der Waals surface area (Å²) in [5, 5.41) is 4.22. The normalized spacial score (nSPS) is 10.3. The summed E-state index contributed by atoms with van der Waals surface area (Å²) in [6.45, 7) is 0. The molecule has 0 fully saturated rings. The van der Waals surface area contributed by atoms with Crippen LogP contribution in [0.1, 0.15) is 0 Å². The highest BCUT2D eigenvalue weighted by Gasteiger charge is 2.08. The Bertz CT molecular complexity index is 574. The van der Waals surface area contributed by atoms with Crippen molar-refractivity contribution in [2.24, 2.45) is 0 Å². The summed E-state index contributed by atoms with van der Waals surface area (Å²) in [5.41, 5.74) is 8.89. The molecule has 3 N–H and O–H groups in total. The van der Waals surface area contributed by atoms with Crippen molar-refractivity contribution in [2.75, 3.05) is 30.0 Å². The Morgan fingerprint density at radius 1 is 1.05 bits per heavy atom. The molecule has 19 heavy (non-hydrogen) atoms. The van der Waals surface area contributed by atoms with E-state index in [1.54, 1.807) is 12.1 Å². The molecule has 0 spiro atoms. The predicted molar refractivity (Wildman–Crippen MR) is 84.9 cm³/mol. The zero-order chi connectivity index (χ0) is 14.0. The predicted octanol–water partition coefficient (Wildman–Crippen LogP) is 4.39. The molecular formula is C14H15Cl2N3. The molecule has 0 amide bonds. The summed E-state index contributed by atoms with van der Waals surface area (Å²) >= 11 is 12.3. The minimum absolute atomic E-state index is 0.500. The number of rotatable bonds is 3. The van der Waals surface area contributed by atoms with E-state index in [1.807, 2.05) is 43.3 Å². The third-order valence-electron chi connectivity index (χ3n) is 2.70. The van der Waals surface area contributed by atoms with Crippen molar-refractivity contribution < 1.29 is 0 Å². The molecule has 0 saturated carbocycles. The van der Waals surface area contributed by atoms with Crippen molar-refractivity contribution in [3.8, 4) is 0 Å². The molecule has 0 radical (unpaired) electrons. The van der Waals surface area contributed by atoms with E-state index >= 15 is 0 Å². The molecule has 2 rings (SSSR count). The van der Waals surface area contributed by atoms with Gasteiger partial charge in [0.2, 0.25) is 0 Å². The quantitative estimate of drug-likeness (QED) is 0.826. The zero-order valence-electron chi connectivity index (χ0n) is 10.7. The molecule has 2 aromatic carbocycles. The molecule has 0 saturated heterocycles. The van der Waals surface area contributed by atoms with Crippen LogP contribution in [0, 0.1) is 0 Å². The SMILES string of the molecule is CN(C)c1cccc(Nc2c(Cl)cc(N)cc2Cl)c1. The van der Waals surface area contributed by atoms with Crippen molar-refractivity contribution in [2.45, 2.75) is 0 Å². The van der Waals surface area contributed by atoms with Gasteiger partial charge < -0.3 is 16.0 Å². The molecule has 0 bridgehead atoms. The molecule has 0 aliphatic heterocycles. The van der Waals surface area contributed by atoms with Crippen molar-refractivity contribution in [1.29, 1.82) is 0 Å². The average Bonchev–Trinajstić information content (AvgIpc) is 2.34. The van der Waals surface area contributed by atoms with Gasteiger partial charge in [-0.15, -0.1) is 0 Å². The summed E-state index contributed by atoms with van der Waals surface area (Å²) in [7, 11) is 3.98. The number of nitrogens with two attached hydrogens (primary N) is 1. The second-order valence-corrected chi connectivity index (χ2v) is 5.24. The van der Waals surface area contributed by atoms with E-state index in [0.29, 0.717) is 21.4 Å². The van der Waals surface area contributed by atoms with E-state index in [9.17, 15) is 0 Å². The molecule has 2 aromatic rings. The summed E-state index contributed by atoms with van der Waals surface area (Å²) in [5.74, 6) is 0. The first-order valence-corrected chi connectivity index (χ1v) is 6.52. The van der Waals surface area contributed by atoms with Gasteiger partial charge in [-0.1, -0.05) is 29.3 Å². The maximum atomic E-state index is 6.15. The van der Waals surface area contributed by atoms with Gasteiger partial charge in [-0.2, -0.15) is 0 Å². The molecule has 0 aliphatic carbocycles. The number of benzene rings is 2. The number of nitrogens with zero attached hydrogens (tertiary/aromatic N) is 1. The first kappa shape index (κ1) is 13.8. The highest BCUT2D eigenvalue weighted by Crippen LogP contribution is 2.35. The van der Waals surface area contributed by atoms with Crippen LogP contribution in [-0.2, 0) is 0 Å². The third-order valence-corrected chi connectivity index (χ3v) is 3.29. The molecule has 0 unspecified atom stereocenters. The van der Waals surface area contributed by atoms with Crippen molar-refractivity contribution >= 4 is 46.0 Å². The van der Waals surface area contributed by atoms with E-state index in [1.165, 1.54) is 0 Å². The Morgan fingerprint density at radius 2 is 1.68 bits per heavy atom. The van der Waals surface area contributed by atoms with E-state index in [2.05, 4.69) is 5.32 Å². The van der Waals surface area contributed by atoms with Gasteiger partial charge in [0, 0.05) is 31.2 Å². The molecule has 0 heterocycles. The van der Waals surface area contributed by atoms with Crippen molar-refractivity contribution in [3.63, 3.8) is 0 Å². The Kier molecular flexibility index (Phi) is 4.08. The van der Waals surface area contributed by atoms with Gasteiger partial charge in [-0.3, -0.25) is 0 Å². The minimum atomic E-state index is 0.500. The van der Waals surface area contributed by atoms with Gasteiger partial charge in [0.25, 0.3) is 0 Å². The monoisotopic (exact) mass is 295 g/mol. The fourth-order valence-corrected chi connectivity index (χ4v) is 2.32. The van der Waals surface area contributed by atoms with Gasteiger partial charge in [0.05, 0.1) is 15.7 Å². The van der Waals surface area contributed by atoms with E-state index < -0.39 is 0 Å². The lowest BCUT2D eigenvalue weighted by atomic mass is 10.2. The molecule has 0 aromatic heterocycles. The lowest BCUT2D eigenvalue weighted by Crippen LogP contribution is -2.08. The molecule has 0 aliphatic rings. The Hall–Kier alpha value is -1.58. The van der Waals surface area contributed by atoms with Crippen LogP contribution >= 0.6 is 23.2 Å². The lowest BCUT2D eigenvalue weighted by molar-refractivity contribution is 1.13. The van der Waals surface area contributed by atoms with Crippen molar-refractivity contribution in [3.05, 3.63) is 46.4 Å². The van der Waals surface area contributed by atoms with Crippen LogP contribution < -0.4 is 16.0 Å². The van der Waals surface area contributed by atoms with Crippen LogP contribution in [0.2, 0.25) is 10.0 Å². The first-order chi connectivity index (χ1) is 8.97.